The summed E-state index contributed by atoms with van der Waals surface area (Å²) in [5.41, 5.74) is 3.70. The van der Waals surface area contributed by atoms with E-state index < -0.39 is 0 Å². The first-order chi connectivity index (χ1) is 7.93. The Morgan fingerprint density at radius 1 is 1.24 bits per heavy atom. The van der Waals surface area contributed by atoms with Gasteiger partial charge in [-0.3, -0.25) is 4.79 Å². The second-order valence-corrected chi connectivity index (χ2v) is 5.50. The molecule has 1 aromatic carbocycles. The molecule has 2 rings (SSSR count). The van der Waals surface area contributed by atoms with E-state index in [0.29, 0.717) is 0 Å². The van der Waals surface area contributed by atoms with E-state index >= 15 is 0 Å². The molecule has 0 aliphatic heterocycles. The van der Waals surface area contributed by atoms with Gasteiger partial charge in [-0.1, -0.05) is 27.7 Å². The highest BCUT2D eigenvalue weighted by atomic mass is 16.1. The summed E-state index contributed by atoms with van der Waals surface area (Å²) in [6.07, 6.45) is 2.67. The van der Waals surface area contributed by atoms with Crippen molar-refractivity contribution in [3.8, 4) is 0 Å². The van der Waals surface area contributed by atoms with E-state index in [1.165, 1.54) is 11.1 Å². The number of hydrogen-bond acceptors (Lipinski definition) is 1. The predicted molar refractivity (Wildman–Crippen MR) is 72.6 cm³/mol. The number of aryl methyl sites for hydroxylation is 1. The molecule has 0 saturated carbocycles. The largest absolute Gasteiger partial charge is 0.361 e. The first-order valence-electron chi connectivity index (χ1n) is 6.08. The summed E-state index contributed by atoms with van der Waals surface area (Å²) in [7, 11) is 0. The summed E-state index contributed by atoms with van der Waals surface area (Å²) in [6.45, 7) is 8.74. The van der Waals surface area contributed by atoms with E-state index in [2.05, 4.69) is 38.7 Å². The number of aromatic nitrogens is 1. The van der Waals surface area contributed by atoms with Gasteiger partial charge in [-0.25, -0.2) is 0 Å². The fraction of sp³-hybridized carbons (Fsp3) is 0.400. The van der Waals surface area contributed by atoms with Crippen LogP contribution in [-0.2, 0) is 11.8 Å². The minimum atomic E-state index is 0.0916. The molecule has 0 atom stereocenters. The molecule has 0 saturated heterocycles. The first kappa shape index (κ1) is 11.9. The van der Waals surface area contributed by atoms with Gasteiger partial charge in [-0.2, -0.15) is 0 Å². The molecule has 90 valence electrons. The SMILES string of the molecule is CCc1cc2c(=O)cc[nH]c2cc1C(C)(C)C. The lowest BCUT2D eigenvalue weighted by molar-refractivity contribution is 0.584. The van der Waals surface area contributed by atoms with Crippen LogP contribution in [0.15, 0.2) is 29.2 Å². The molecule has 17 heavy (non-hydrogen) atoms. The number of benzene rings is 1. The fourth-order valence-corrected chi connectivity index (χ4v) is 2.26. The van der Waals surface area contributed by atoms with Crippen molar-refractivity contribution in [3.63, 3.8) is 0 Å². The highest BCUT2D eigenvalue weighted by Crippen LogP contribution is 2.28. The smallest absolute Gasteiger partial charge is 0.189 e. The maximum atomic E-state index is 11.8. The summed E-state index contributed by atoms with van der Waals surface area (Å²) in [6, 6.07) is 5.74. The van der Waals surface area contributed by atoms with Crippen LogP contribution in [-0.4, -0.2) is 4.98 Å². The summed E-state index contributed by atoms with van der Waals surface area (Å²) in [4.78, 5) is 14.9. The monoisotopic (exact) mass is 229 g/mol. The van der Waals surface area contributed by atoms with Crippen molar-refractivity contribution in [2.45, 2.75) is 39.5 Å². The zero-order chi connectivity index (χ0) is 12.6. The van der Waals surface area contributed by atoms with Crippen molar-refractivity contribution in [1.29, 1.82) is 0 Å². The van der Waals surface area contributed by atoms with Crippen molar-refractivity contribution in [2.24, 2.45) is 0 Å². The summed E-state index contributed by atoms with van der Waals surface area (Å²) in [5, 5.41) is 0.789. The van der Waals surface area contributed by atoms with Gasteiger partial charge in [0, 0.05) is 23.2 Å². The second-order valence-electron chi connectivity index (χ2n) is 5.50. The third-order valence-corrected chi connectivity index (χ3v) is 3.17. The zero-order valence-corrected chi connectivity index (χ0v) is 10.9. The van der Waals surface area contributed by atoms with E-state index in [9.17, 15) is 4.79 Å². The Labute approximate surface area is 102 Å². The fourth-order valence-electron chi connectivity index (χ4n) is 2.26. The van der Waals surface area contributed by atoms with Gasteiger partial charge in [0.15, 0.2) is 5.43 Å². The molecule has 0 amide bonds. The first-order valence-corrected chi connectivity index (χ1v) is 6.08. The third-order valence-electron chi connectivity index (χ3n) is 3.17. The van der Waals surface area contributed by atoms with Gasteiger partial charge in [0.05, 0.1) is 0 Å². The number of nitrogens with one attached hydrogen (secondary N) is 1. The Kier molecular flexibility index (Phi) is 2.82. The maximum absolute atomic E-state index is 11.8. The number of aromatic amines is 1. The third kappa shape index (κ3) is 2.12. The topological polar surface area (TPSA) is 32.9 Å². The van der Waals surface area contributed by atoms with E-state index in [-0.39, 0.29) is 10.8 Å². The highest BCUT2D eigenvalue weighted by molar-refractivity contribution is 5.80. The van der Waals surface area contributed by atoms with Gasteiger partial charge in [0.25, 0.3) is 0 Å². The van der Waals surface area contributed by atoms with Crippen LogP contribution in [0.4, 0.5) is 0 Å². The number of H-pyrrole nitrogens is 1. The molecule has 0 aliphatic carbocycles. The Bertz CT molecular complexity index is 602. The Balaban J connectivity index is 2.83. The van der Waals surface area contributed by atoms with Crippen molar-refractivity contribution in [1.82, 2.24) is 4.98 Å². The van der Waals surface area contributed by atoms with Gasteiger partial charge in [-0.05, 0) is 35.1 Å². The predicted octanol–water partition coefficient (Wildman–Crippen LogP) is 3.39. The van der Waals surface area contributed by atoms with Crippen LogP contribution in [0.2, 0.25) is 0 Å². The molecule has 0 aliphatic rings. The molecule has 2 nitrogen and oxygen atoms in total. The molecule has 0 bridgehead atoms. The van der Waals surface area contributed by atoms with Crippen LogP contribution >= 0.6 is 0 Å². The normalized spacial score (nSPS) is 12.0. The lowest BCUT2D eigenvalue weighted by Crippen LogP contribution is -2.15. The Morgan fingerprint density at radius 3 is 2.53 bits per heavy atom. The molecular weight excluding hydrogens is 210 g/mol. The summed E-state index contributed by atoms with van der Waals surface area (Å²) < 4.78 is 0. The molecule has 1 aromatic heterocycles. The van der Waals surface area contributed by atoms with Crippen LogP contribution in [0.1, 0.15) is 38.8 Å². The van der Waals surface area contributed by atoms with E-state index in [1.54, 1.807) is 12.3 Å². The molecule has 1 N–H and O–H groups in total. The average Bonchev–Trinajstić information content (AvgIpc) is 2.27. The van der Waals surface area contributed by atoms with Crippen LogP contribution in [0.25, 0.3) is 10.9 Å². The van der Waals surface area contributed by atoms with Crippen LogP contribution in [0.3, 0.4) is 0 Å². The number of fused-ring (bicyclic) bond motifs is 1. The highest BCUT2D eigenvalue weighted by Gasteiger charge is 2.18. The zero-order valence-electron chi connectivity index (χ0n) is 10.9. The molecule has 0 radical (unpaired) electrons. The molecule has 2 aromatic rings. The van der Waals surface area contributed by atoms with Gasteiger partial charge < -0.3 is 4.98 Å². The van der Waals surface area contributed by atoms with Crippen LogP contribution in [0.5, 0.6) is 0 Å². The van der Waals surface area contributed by atoms with Crippen molar-refractivity contribution >= 4 is 10.9 Å². The van der Waals surface area contributed by atoms with E-state index in [4.69, 9.17) is 0 Å². The Hall–Kier alpha value is -1.57. The lowest BCUT2D eigenvalue weighted by atomic mass is 9.82. The van der Waals surface area contributed by atoms with Gasteiger partial charge in [0.1, 0.15) is 0 Å². The van der Waals surface area contributed by atoms with E-state index in [0.717, 1.165) is 17.3 Å². The molecule has 0 unspecified atom stereocenters. The number of hydrogen-bond donors (Lipinski definition) is 1. The Morgan fingerprint density at radius 2 is 1.94 bits per heavy atom. The average molecular weight is 229 g/mol. The lowest BCUT2D eigenvalue weighted by Gasteiger charge is -2.23. The van der Waals surface area contributed by atoms with Crippen LogP contribution in [0, 0.1) is 0 Å². The van der Waals surface area contributed by atoms with Crippen molar-refractivity contribution < 1.29 is 0 Å². The van der Waals surface area contributed by atoms with Crippen molar-refractivity contribution in [2.75, 3.05) is 0 Å². The second kappa shape index (κ2) is 4.02. The van der Waals surface area contributed by atoms with E-state index in [1.807, 2.05) is 6.07 Å². The molecular formula is C15H19NO. The molecule has 1 heterocycles. The maximum Gasteiger partial charge on any atom is 0.189 e. The summed E-state index contributed by atoms with van der Waals surface area (Å²) in [5.74, 6) is 0. The minimum absolute atomic E-state index is 0.0916. The standard InChI is InChI=1S/C15H19NO/c1-5-10-8-11-13(16-7-6-14(11)17)9-12(10)15(2,3)4/h6-9H,5H2,1-4H3,(H,16,17). The minimum Gasteiger partial charge on any atom is -0.361 e. The number of pyridine rings is 1. The van der Waals surface area contributed by atoms with Gasteiger partial charge in [0.2, 0.25) is 0 Å². The molecule has 0 fully saturated rings. The van der Waals surface area contributed by atoms with Crippen molar-refractivity contribution in [3.05, 3.63) is 45.7 Å². The number of rotatable bonds is 1. The molecule has 0 spiro atoms. The van der Waals surface area contributed by atoms with Gasteiger partial charge >= 0.3 is 0 Å². The van der Waals surface area contributed by atoms with Gasteiger partial charge in [-0.15, -0.1) is 0 Å². The summed E-state index contributed by atoms with van der Waals surface area (Å²) >= 11 is 0. The quantitative estimate of drug-likeness (QED) is 0.798. The molecule has 2 heteroatoms. The van der Waals surface area contributed by atoms with Crippen LogP contribution < -0.4 is 5.43 Å².